The highest BCUT2D eigenvalue weighted by atomic mass is 127. The lowest BCUT2D eigenvalue weighted by Crippen LogP contribution is -2.34. The number of rotatable bonds is 3. The van der Waals surface area contributed by atoms with Crippen LogP contribution in [0.25, 0.3) is 0 Å². The second kappa shape index (κ2) is 5.20. The Kier molecular flexibility index (Phi) is 3.54. The third-order valence-electron chi connectivity index (χ3n) is 4.09. The predicted molar refractivity (Wildman–Crippen MR) is 86.8 cm³/mol. The van der Waals surface area contributed by atoms with Gasteiger partial charge < -0.3 is 5.11 Å². The summed E-state index contributed by atoms with van der Waals surface area (Å²) in [4.78, 5) is 11.9. The first-order valence-corrected chi connectivity index (χ1v) is 7.72. The van der Waals surface area contributed by atoms with Crippen molar-refractivity contribution in [2.75, 3.05) is 0 Å². The van der Waals surface area contributed by atoms with Gasteiger partial charge >= 0.3 is 5.97 Å². The zero-order valence-electron chi connectivity index (χ0n) is 11.0. The summed E-state index contributed by atoms with van der Waals surface area (Å²) in [5.41, 5.74) is 2.78. The highest BCUT2D eigenvalue weighted by Crippen LogP contribution is 2.40. The number of halogens is 1. The van der Waals surface area contributed by atoms with Crippen molar-refractivity contribution in [1.82, 2.24) is 0 Å². The SMILES string of the molecule is O=C(O)C1(Cc2ccc(I)cc2)Cc2ccccc2C1. The second-order valence-electron chi connectivity index (χ2n) is 5.51. The van der Waals surface area contributed by atoms with Crippen LogP contribution in [-0.4, -0.2) is 11.1 Å². The van der Waals surface area contributed by atoms with Crippen molar-refractivity contribution in [2.45, 2.75) is 19.3 Å². The molecule has 3 rings (SSSR count). The second-order valence-corrected chi connectivity index (χ2v) is 6.76. The molecule has 3 heteroatoms. The van der Waals surface area contributed by atoms with Gasteiger partial charge in [0.2, 0.25) is 0 Å². The van der Waals surface area contributed by atoms with Crippen LogP contribution in [0.15, 0.2) is 48.5 Å². The maximum absolute atomic E-state index is 11.9. The third-order valence-corrected chi connectivity index (χ3v) is 4.80. The van der Waals surface area contributed by atoms with E-state index in [9.17, 15) is 9.90 Å². The Hall–Kier alpha value is -1.36. The van der Waals surface area contributed by atoms with Crippen molar-refractivity contribution in [3.63, 3.8) is 0 Å². The molecule has 0 saturated heterocycles. The Morgan fingerprint density at radius 3 is 2.10 bits per heavy atom. The van der Waals surface area contributed by atoms with Gasteiger partial charge in [-0.25, -0.2) is 0 Å². The van der Waals surface area contributed by atoms with Crippen LogP contribution in [0, 0.1) is 8.99 Å². The number of carboxylic acids is 1. The summed E-state index contributed by atoms with van der Waals surface area (Å²) in [6.07, 6.45) is 1.85. The lowest BCUT2D eigenvalue weighted by molar-refractivity contribution is -0.148. The minimum Gasteiger partial charge on any atom is -0.481 e. The minimum absolute atomic E-state index is 0.591. The van der Waals surface area contributed by atoms with Gasteiger partial charge in [-0.2, -0.15) is 0 Å². The number of fused-ring (bicyclic) bond motifs is 1. The van der Waals surface area contributed by atoms with Gasteiger partial charge in [-0.1, -0.05) is 36.4 Å². The van der Waals surface area contributed by atoms with E-state index >= 15 is 0 Å². The van der Waals surface area contributed by atoms with E-state index in [4.69, 9.17) is 0 Å². The van der Waals surface area contributed by atoms with Gasteiger partial charge in [-0.15, -0.1) is 0 Å². The Balaban J connectivity index is 1.92. The molecule has 0 unspecified atom stereocenters. The molecule has 2 nitrogen and oxygen atoms in total. The van der Waals surface area contributed by atoms with E-state index in [1.807, 2.05) is 48.5 Å². The summed E-state index contributed by atoms with van der Waals surface area (Å²) in [5.74, 6) is -0.688. The zero-order valence-corrected chi connectivity index (χ0v) is 13.1. The number of carboxylic acid groups (broad SMARTS) is 1. The fourth-order valence-corrected chi connectivity index (χ4v) is 3.40. The Morgan fingerprint density at radius 1 is 1.05 bits per heavy atom. The molecule has 1 aliphatic carbocycles. The quantitative estimate of drug-likeness (QED) is 0.828. The zero-order chi connectivity index (χ0) is 14.2. The van der Waals surface area contributed by atoms with Crippen molar-refractivity contribution in [1.29, 1.82) is 0 Å². The average molecular weight is 378 g/mol. The van der Waals surface area contributed by atoms with E-state index in [0.29, 0.717) is 19.3 Å². The molecule has 0 radical (unpaired) electrons. The van der Waals surface area contributed by atoms with Gasteiger partial charge in [0, 0.05) is 3.57 Å². The van der Waals surface area contributed by atoms with Gasteiger partial charge in [-0.05, 0) is 70.7 Å². The highest BCUT2D eigenvalue weighted by molar-refractivity contribution is 14.1. The molecule has 102 valence electrons. The smallest absolute Gasteiger partial charge is 0.310 e. The van der Waals surface area contributed by atoms with Gasteiger partial charge in [0.1, 0.15) is 0 Å². The summed E-state index contributed by atoms with van der Waals surface area (Å²) in [6, 6.07) is 16.2. The fraction of sp³-hybridized carbons (Fsp3) is 0.235. The molecule has 2 aromatic rings. The molecule has 1 N–H and O–H groups in total. The van der Waals surface area contributed by atoms with Gasteiger partial charge in [0.15, 0.2) is 0 Å². The normalized spacial score (nSPS) is 15.8. The number of benzene rings is 2. The van der Waals surface area contributed by atoms with Gasteiger partial charge in [0.25, 0.3) is 0 Å². The Morgan fingerprint density at radius 2 is 1.60 bits per heavy atom. The molecule has 0 heterocycles. The molecular formula is C17H15IO2. The lowest BCUT2D eigenvalue weighted by atomic mass is 9.79. The van der Waals surface area contributed by atoms with Crippen LogP contribution in [0.3, 0.4) is 0 Å². The number of aliphatic carboxylic acids is 1. The summed E-state index contributed by atoms with van der Waals surface area (Å²) >= 11 is 2.26. The van der Waals surface area contributed by atoms with Gasteiger partial charge in [-0.3, -0.25) is 4.79 Å². The first kappa shape index (κ1) is 13.6. The lowest BCUT2D eigenvalue weighted by Gasteiger charge is -2.24. The van der Waals surface area contributed by atoms with E-state index in [2.05, 4.69) is 22.6 Å². The molecule has 2 aromatic carbocycles. The number of hydrogen-bond acceptors (Lipinski definition) is 1. The molecular weight excluding hydrogens is 363 g/mol. The van der Waals surface area contributed by atoms with Crippen molar-refractivity contribution in [3.05, 3.63) is 68.8 Å². The molecule has 0 fully saturated rings. The molecule has 0 aliphatic heterocycles. The number of hydrogen-bond donors (Lipinski definition) is 1. The van der Waals surface area contributed by atoms with E-state index in [1.165, 1.54) is 14.7 Å². The Labute approximate surface area is 132 Å². The molecule has 0 spiro atoms. The largest absolute Gasteiger partial charge is 0.481 e. The van der Waals surface area contributed by atoms with Crippen LogP contribution < -0.4 is 0 Å². The van der Waals surface area contributed by atoms with E-state index in [-0.39, 0.29) is 0 Å². The predicted octanol–water partition coefficient (Wildman–Crippen LogP) is 3.70. The molecule has 1 aliphatic rings. The van der Waals surface area contributed by atoms with Crippen LogP contribution in [0.5, 0.6) is 0 Å². The van der Waals surface area contributed by atoms with Crippen LogP contribution in [0.2, 0.25) is 0 Å². The topological polar surface area (TPSA) is 37.3 Å². The molecule has 0 atom stereocenters. The van der Waals surface area contributed by atoms with Crippen LogP contribution in [-0.2, 0) is 24.1 Å². The first-order valence-electron chi connectivity index (χ1n) is 6.64. The van der Waals surface area contributed by atoms with Crippen molar-refractivity contribution in [3.8, 4) is 0 Å². The standard InChI is InChI=1S/C17H15IO2/c18-15-7-5-12(6-8-15)9-17(16(19)20)10-13-3-1-2-4-14(13)11-17/h1-8H,9-11H2,(H,19,20). The van der Waals surface area contributed by atoms with Crippen molar-refractivity contribution >= 4 is 28.6 Å². The van der Waals surface area contributed by atoms with E-state index in [1.54, 1.807) is 0 Å². The molecule has 0 saturated carbocycles. The summed E-state index contributed by atoms with van der Waals surface area (Å²) < 4.78 is 1.17. The third kappa shape index (κ3) is 2.46. The molecule has 0 amide bonds. The number of carbonyl (C=O) groups is 1. The summed E-state index contributed by atoms with van der Waals surface area (Å²) in [5, 5.41) is 9.75. The highest BCUT2D eigenvalue weighted by Gasteiger charge is 2.43. The monoisotopic (exact) mass is 378 g/mol. The maximum Gasteiger partial charge on any atom is 0.310 e. The van der Waals surface area contributed by atoms with E-state index in [0.717, 1.165) is 5.56 Å². The summed E-state index contributed by atoms with van der Waals surface area (Å²) in [6.45, 7) is 0. The van der Waals surface area contributed by atoms with Crippen LogP contribution >= 0.6 is 22.6 Å². The molecule has 0 bridgehead atoms. The summed E-state index contributed by atoms with van der Waals surface area (Å²) in [7, 11) is 0. The van der Waals surface area contributed by atoms with Crippen LogP contribution in [0.1, 0.15) is 16.7 Å². The van der Waals surface area contributed by atoms with Gasteiger partial charge in [0.05, 0.1) is 5.41 Å². The van der Waals surface area contributed by atoms with Crippen molar-refractivity contribution < 1.29 is 9.90 Å². The minimum atomic E-state index is -0.688. The van der Waals surface area contributed by atoms with Crippen molar-refractivity contribution in [2.24, 2.45) is 5.41 Å². The first-order chi connectivity index (χ1) is 9.59. The molecule has 0 aromatic heterocycles. The fourth-order valence-electron chi connectivity index (χ4n) is 3.04. The van der Waals surface area contributed by atoms with Crippen LogP contribution in [0.4, 0.5) is 0 Å². The maximum atomic E-state index is 11.9. The molecule has 20 heavy (non-hydrogen) atoms. The average Bonchev–Trinajstić information content (AvgIpc) is 2.81. The Bertz CT molecular complexity index is 621. The van der Waals surface area contributed by atoms with E-state index < -0.39 is 11.4 Å².